The molecular formula is C24H24FN5O3. The first kappa shape index (κ1) is 21.0. The van der Waals surface area contributed by atoms with E-state index in [2.05, 4.69) is 15.2 Å². The highest BCUT2D eigenvalue weighted by Gasteiger charge is 2.26. The number of amides is 1. The molecule has 1 aliphatic heterocycles. The number of piperidine rings is 1. The maximum atomic E-state index is 14.3. The van der Waals surface area contributed by atoms with Crippen LogP contribution in [0.1, 0.15) is 29.2 Å². The van der Waals surface area contributed by atoms with Gasteiger partial charge in [0.05, 0.1) is 12.8 Å². The summed E-state index contributed by atoms with van der Waals surface area (Å²) in [6.07, 6.45) is 2.08. The number of carbonyl (C=O) groups excluding carboxylic acids is 1. The maximum absolute atomic E-state index is 14.3. The molecule has 0 aliphatic carbocycles. The minimum atomic E-state index is -0.473. The van der Waals surface area contributed by atoms with Gasteiger partial charge in [0.25, 0.3) is 5.91 Å². The number of ether oxygens (including phenoxy) is 1. The summed E-state index contributed by atoms with van der Waals surface area (Å²) in [4.78, 5) is 30.3. The lowest BCUT2D eigenvalue weighted by Gasteiger charge is -2.31. The van der Waals surface area contributed by atoms with Gasteiger partial charge in [-0.1, -0.05) is 12.1 Å². The van der Waals surface area contributed by atoms with E-state index in [4.69, 9.17) is 4.74 Å². The normalized spacial score (nSPS) is 14.7. The van der Waals surface area contributed by atoms with Crippen LogP contribution in [0.3, 0.4) is 0 Å². The molecule has 1 saturated heterocycles. The Balaban J connectivity index is 1.26. The number of carbonyl (C=O) groups is 1. The third-order valence-electron chi connectivity index (χ3n) is 6.27. The number of aromatic amines is 2. The number of rotatable bonds is 5. The molecular weight excluding hydrogens is 425 g/mol. The van der Waals surface area contributed by atoms with Crippen molar-refractivity contribution in [2.45, 2.75) is 19.3 Å². The number of hydrogen-bond donors (Lipinski definition) is 2. The third kappa shape index (κ3) is 4.02. The van der Waals surface area contributed by atoms with Crippen molar-refractivity contribution in [3.63, 3.8) is 0 Å². The molecule has 2 N–H and O–H groups in total. The average Bonchev–Trinajstić information content (AvgIpc) is 3.42. The lowest BCUT2D eigenvalue weighted by atomic mass is 9.93. The second-order valence-electron chi connectivity index (χ2n) is 8.31. The Morgan fingerprint density at radius 3 is 2.73 bits per heavy atom. The molecule has 0 atom stereocenters. The van der Waals surface area contributed by atoms with Crippen LogP contribution in [0.2, 0.25) is 0 Å². The lowest BCUT2D eigenvalue weighted by Crippen LogP contribution is -2.39. The summed E-state index contributed by atoms with van der Waals surface area (Å²) in [5, 5.41) is 7.52. The van der Waals surface area contributed by atoms with E-state index in [-0.39, 0.29) is 17.5 Å². The molecule has 1 aliphatic rings. The molecule has 1 fully saturated rings. The van der Waals surface area contributed by atoms with E-state index in [9.17, 15) is 14.0 Å². The molecule has 1 amide bonds. The van der Waals surface area contributed by atoms with E-state index in [1.165, 1.54) is 10.6 Å². The van der Waals surface area contributed by atoms with Crippen molar-refractivity contribution in [1.82, 2.24) is 24.6 Å². The second-order valence-corrected chi connectivity index (χ2v) is 8.31. The fourth-order valence-electron chi connectivity index (χ4n) is 4.47. The van der Waals surface area contributed by atoms with Crippen molar-refractivity contribution in [1.29, 1.82) is 0 Å². The van der Waals surface area contributed by atoms with Gasteiger partial charge in [0.1, 0.15) is 23.1 Å². The molecule has 8 nitrogen and oxygen atoms in total. The zero-order valence-corrected chi connectivity index (χ0v) is 18.2. The monoisotopic (exact) mass is 449 g/mol. The number of hydrogen-bond acceptors (Lipinski definition) is 4. The average molecular weight is 449 g/mol. The Labute approximate surface area is 189 Å². The van der Waals surface area contributed by atoms with Crippen LogP contribution in [-0.2, 0) is 6.42 Å². The quantitative estimate of drug-likeness (QED) is 0.489. The van der Waals surface area contributed by atoms with Gasteiger partial charge in [0.15, 0.2) is 0 Å². The standard InChI is InChI=1S/C24H24FN5O3/c1-33-17-7-6-16-13-20(26-19(16)14-17)23(31)29-10-8-15(9-11-29)12-22-27-28-24(32)30(22)21-5-3-2-4-18(21)25/h2-7,13-15,26H,8-12H2,1H3,(H,28,32). The summed E-state index contributed by atoms with van der Waals surface area (Å²) in [5.41, 5.74) is 1.14. The number of methoxy groups -OCH3 is 1. The number of aromatic nitrogens is 4. The highest BCUT2D eigenvalue weighted by Crippen LogP contribution is 2.25. The minimum Gasteiger partial charge on any atom is -0.497 e. The van der Waals surface area contributed by atoms with Gasteiger partial charge in [-0.3, -0.25) is 4.79 Å². The molecule has 5 rings (SSSR count). The molecule has 4 aromatic rings. The van der Waals surface area contributed by atoms with Gasteiger partial charge in [-0.15, -0.1) is 0 Å². The van der Waals surface area contributed by atoms with Crippen molar-refractivity contribution in [2.75, 3.05) is 20.2 Å². The van der Waals surface area contributed by atoms with Gasteiger partial charge in [-0.05, 0) is 49.1 Å². The Hall–Kier alpha value is -3.88. The lowest BCUT2D eigenvalue weighted by molar-refractivity contribution is 0.0684. The van der Waals surface area contributed by atoms with E-state index in [0.717, 1.165) is 29.5 Å². The fourth-order valence-corrected chi connectivity index (χ4v) is 4.47. The maximum Gasteiger partial charge on any atom is 0.348 e. The number of benzene rings is 2. The van der Waals surface area contributed by atoms with Gasteiger partial charge < -0.3 is 14.6 Å². The van der Waals surface area contributed by atoms with Crippen LogP contribution in [0.4, 0.5) is 4.39 Å². The Morgan fingerprint density at radius 1 is 1.18 bits per heavy atom. The molecule has 0 saturated carbocycles. The van der Waals surface area contributed by atoms with Gasteiger partial charge in [-0.2, -0.15) is 5.10 Å². The van der Waals surface area contributed by atoms with E-state index in [1.54, 1.807) is 25.3 Å². The van der Waals surface area contributed by atoms with Crippen LogP contribution in [0.15, 0.2) is 53.3 Å². The first-order chi connectivity index (χ1) is 16.0. The number of fused-ring (bicyclic) bond motifs is 1. The summed E-state index contributed by atoms with van der Waals surface area (Å²) in [5.74, 6) is 0.961. The van der Waals surface area contributed by atoms with Crippen molar-refractivity contribution < 1.29 is 13.9 Å². The number of H-pyrrole nitrogens is 2. The number of likely N-dealkylation sites (tertiary alicyclic amines) is 1. The SMILES string of the molecule is COc1ccc2cc(C(=O)N3CCC(Cc4n[nH]c(=O)n4-c4ccccc4F)CC3)[nH]c2c1. The van der Waals surface area contributed by atoms with E-state index in [1.807, 2.05) is 29.2 Å². The minimum absolute atomic E-state index is 0.0355. The summed E-state index contributed by atoms with van der Waals surface area (Å²) >= 11 is 0. The van der Waals surface area contributed by atoms with Crippen LogP contribution < -0.4 is 10.4 Å². The van der Waals surface area contributed by atoms with Gasteiger partial charge in [0, 0.05) is 36.5 Å². The predicted octanol–water partition coefficient (Wildman–Crippen LogP) is 3.28. The topological polar surface area (TPSA) is 96.0 Å². The molecule has 170 valence electrons. The smallest absolute Gasteiger partial charge is 0.348 e. The van der Waals surface area contributed by atoms with E-state index in [0.29, 0.717) is 31.0 Å². The highest BCUT2D eigenvalue weighted by atomic mass is 19.1. The molecule has 0 radical (unpaired) electrons. The molecule has 9 heteroatoms. The number of nitrogens with one attached hydrogen (secondary N) is 2. The van der Waals surface area contributed by atoms with Crippen LogP contribution in [-0.4, -0.2) is 50.8 Å². The van der Waals surface area contributed by atoms with E-state index >= 15 is 0 Å². The fraction of sp³-hybridized carbons (Fsp3) is 0.292. The molecule has 33 heavy (non-hydrogen) atoms. The van der Waals surface area contributed by atoms with Crippen molar-refractivity contribution >= 4 is 16.8 Å². The molecule has 2 aromatic carbocycles. The largest absolute Gasteiger partial charge is 0.497 e. The van der Waals surface area contributed by atoms with Crippen molar-refractivity contribution in [2.24, 2.45) is 5.92 Å². The number of halogens is 1. The van der Waals surface area contributed by atoms with E-state index < -0.39 is 11.5 Å². The summed E-state index contributed by atoms with van der Waals surface area (Å²) in [6.45, 7) is 1.22. The molecule has 0 unspecified atom stereocenters. The van der Waals surface area contributed by atoms with Crippen LogP contribution in [0.25, 0.3) is 16.6 Å². The first-order valence-electron chi connectivity index (χ1n) is 10.9. The van der Waals surface area contributed by atoms with Crippen molar-refractivity contribution in [3.8, 4) is 11.4 Å². The van der Waals surface area contributed by atoms with Gasteiger partial charge in [0.2, 0.25) is 0 Å². The third-order valence-corrected chi connectivity index (χ3v) is 6.27. The van der Waals surface area contributed by atoms with Crippen LogP contribution >= 0.6 is 0 Å². The van der Waals surface area contributed by atoms with Crippen molar-refractivity contribution in [3.05, 3.63) is 76.4 Å². The molecule has 3 heterocycles. The van der Waals surface area contributed by atoms with Gasteiger partial charge >= 0.3 is 5.69 Å². The van der Waals surface area contributed by atoms with Crippen LogP contribution in [0.5, 0.6) is 5.75 Å². The zero-order valence-electron chi connectivity index (χ0n) is 18.2. The number of para-hydroxylation sites is 1. The Bertz CT molecular complexity index is 1360. The Morgan fingerprint density at radius 2 is 1.97 bits per heavy atom. The second kappa shape index (κ2) is 8.57. The molecule has 0 bridgehead atoms. The number of nitrogens with zero attached hydrogens (tertiary/aromatic N) is 3. The molecule has 2 aromatic heterocycles. The summed E-state index contributed by atoms with van der Waals surface area (Å²) < 4.78 is 20.8. The zero-order chi connectivity index (χ0) is 22.9. The van der Waals surface area contributed by atoms with Crippen LogP contribution in [0, 0.1) is 11.7 Å². The van der Waals surface area contributed by atoms with Gasteiger partial charge in [-0.25, -0.2) is 18.9 Å². The summed E-state index contributed by atoms with van der Waals surface area (Å²) in [6, 6.07) is 13.7. The summed E-state index contributed by atoms with van der Waals surface area (Å²) in [7, 11) is 1.61. The molecule has 0 spiro atoms. The highest BCUT2D eigenvalue weighted by molar-refractivity contribution is 5.98. The predicted molar refractivity (Wildman–Crippen MR) is 121 cm³/mol. The Kier molecular flexibility index (Phi) is 5.45. The first-order valence-corrected chi connectivity index (χ1v) is 10.9.